The van der Waals surface area contributed by atoms with E-state index in [9.17, 15) is 4.79 Å². The largest absolute Gasteiger partial charge is 0.481 e. The molecule has 0 radical (unpaired) electrons. The van der Waals surface area contributed by atoms with Crippen LogP contribution < -0.4 is 10.5 Å². The lowest BCUT2D eigenvalue weighted by atomic mass is 10.3. The minimum atomic E-state index is -0.422. The summed E-state index contributed by atoms with van der Waals surface area (Å²) in [5.74, 6) is 0.0279. The highest BCUT2D eigenvalue weighted by molar-refractivity contribution is 5.89. The molecule has 0 fully saturated rings. The van der Waals surface area contributed by atoms with Crippen molar-refractivity contribution in [3.8, 4) is 5.88 Å². The Bertz CT molecular complexity index is 607. The minimum absolute atomic E-state index is 0.102. The van der Waals surface area contributed by atoms with Crippen LogP contribution in [0.25, 0.3) is 0 Å². The Morgan fingerprint density at radius 3 is 3.00 bits per heavy atom. The number of nitrogen functional groups attached to an aromatic ring is 1. The van der Waals surface area contributed by atoms with Crippen molar-refractivity contribution in [3.63, 3.8) is 0 Å². The van der Waals surface area contributed by atoms with Crippen LogP contribution in [0.1, 0.15) is 23.0 Å². The van der Waals surface area contributed by atoms with E-state index in [-0.39, 0.29) is 6.61 Å². The number of nitrogens with zero attached hydrogens (tertiary/aromatic N) is 2. The molecule has 2 heterocycles. The zero-order chi connectivity index (χ0) is 14.5. The molecule has 0 saturated carbocycles. The van der Waals surface area contributed by atoms with Crippen LogP contribution in [0.2, 0.25) is 0 Å². The molecule has 0 aliphatic carbocycles. The van der Waals surface area contributed by atoms with Crippen LogP contribution >= 0.6 is 0 Å². The number of rotatable bonds is 5. The average Bonchev–Trinajstić information content (AvgIpc) is 2.86. The number of carbonyl (C=O) groups excluding carboxylic acids is 1. The van der Waals surface area contributed by atoms with E-state index in [1.54, 1.807) is 35.2 Å². The molecular formula is C14H17N3O3. The van der Waals surface area contributed by atoms with E-state index in [2.05, 4.69) is 4.98 Å². The van der Waals surface area contributed by atoms with E-state index in [1.807, 2.05) is 6.92 Å². The number of nitrogens with two attached hydrogens (primary N) is 1. The lowest BCUT2D eigenvalue weighted by molar-refractivity contribution is 0.0457. The normalized spacial score (nSPS) is 10.3. The molecule has 0 spiro atoms. The number of carbonyl (C=O) groups is 1. The van der Waals surface area contributed by atoms with Gasteiger partial charge in [0.05, 0.1) is 18.4 Å². The molecule has 0 aliphatic heterocycles. The quantitative estimate of drug-likeness (QED) is 0.842. The Hall–Kier alpha value is -2.50. The first-order chi connectivity index (χ1) is 9.65. The van der Waals surface area contributed by atoms with Crippen LogP contribution in [0.3, 0.4) is 0 Å². The first-order valence-corrected chi connectivity index (χ1v) is 6.26. The molecule has 6 nitrogen and oxygen atoms in total. The number of aromatic nitrogens is 2. The molecule has 20 heavy (non-hydrogen) atoms. The number of hydrogen-bond donors (Lipinski definition) is 1. The molecular weight excluding hydrogens is 258 g/mol. The molecule has 0 amide bonds. The average molecular weight is 275 g/mol. The van der Waals surface area contributed by atoms with Crippen LogP contribution in [0.15, 0.2) is 30.6 Å². The summed E-state index contributed by atoms with van der Waals surface area (Å²) >= 11 is 0. The molecule has 0 unspecified atom stereocenters. The van der Waals surface area contributed by atoms with Crippen LogP contribution in [0.5, 0.6) is 5.88 Å². The fourth-order valence-electron chi connectivity index (χ4n) is 1.90. The number of methoxy groups -OCH3 is 1. The molecule has 2 rings (SSSR count). The van der Waals surface area contributed by atoms with Gasteiger partial charge in [-0.25, -0.2) is 9.78 Å². The van der Waals surface area contributed by atoms with Crippen molar-refractivity contribution in [1.82, 2.24) is 9.55 Å². The molecule has 0 bridgehead atoms. The van der Waals surface area contributed by atoms with Crippen molar-refractivity contribution in [2.24, 2.45) is 0 Å². The van der Waals surface area contributed by atoms with E-state index < -0.39 is 5.97 Å². The number of ether oxygens (including phenoxy) is 2. The van der Waals surface area contributed by atoms with Crippen LogP contribution in [0, 0.1) is 0 Å². The lowest BCUT2D eigenvalue weighted by Crippen LogP contribution is -2.11. The van der Waals surface area contributed by atoms with Gasteiger partial charge in [0.25, 0.3) is 0 Å². The Morgan fingerprint density at radius 2 is 2.30 bits per heavy atom. The van der Waals surface area contributed by atoms with E-state index in [0.29, 0.717) is 29.4 Å². The predicted molar refractivity (Wildman–Crippen MR) is 74.4 cm³/mol. The van der Waals surface area contributed by atoms with E-state index >= 15 is 0 Å². The Morgan fingerprint density at radius 1 is 1.50 bits per heavy atom. The first kappa shape index (κ1) is 13.9. The van der Waals surface area contributed by atoms with Gasteiger partial charge < -0.3 is 19.8 Å². The van der Waals surface area contributed by atoms with Gasteiger partial charge in [0, 0.05) is 18.9 Å². The highest BCUT2D eigenvalue weighted by Crippen LogP contribution is 2.17. The Balaban J connectivity index is 2.08. The summed E-state index contributed by atoms with van der Waals surface area (Å²) in [5, 5.41) is 0. The molecule has 0 aromatic carbocycles. The predicted octanol–water partition coefficient (Wildman–Crippen LogP) is 1.85. The second kappa shape index (κ2) is 6.10. The Labute approximate surface area is 117 Å². The van der Waals surface area contributed by atoms with Crippen molar-refractivity contribution in [1.29, 1.82) is 0 Å². The van der Waals surface area contributed by atoms with Crippen LogP contribution in [-0.2, 0) is 17.9 Å². The fraction of sp³-hybridized carbons (Fsp3) is 0.286. The van der Waals surface area contributed by atoms with Crippen molar-refractivity contribution >= 4 is 11.7 Å². The molecule has 2 N–H and O–H groups in total. The minimum Gasteiger partial charge on any atom is -0.481 e. The number of anilines is 1. The zero-order valence-corrected chi connectivity index (χ0v) is 11.5. The first-order valence-electron chi connectivity index (χ1n) is 6.26. The third-order valence-electron chi connectivity index (χ3n) is 2.87. The number of pyridine rings is 1. The highest BCUT2D eigenvalue weighted by atomic mass is 16.5. The van der Waals surface area contributed by atoms with Gasteiger partial charge in [-0.15, -0.1) is 0 Å². The van der Waals surface area contributed by atoms with Crippen LogP contribution in [-0.4, -0.2) is 22.6 Å². The monoisotopic (exact) mass is 275 g/mol. The van der Waals surface area contributed by atoms with Crippen molar-refractivity contribution < 1.29 is 14.3 Å². The van der Waals surface area contributed by atoms with Gasteiger partial charge in [-0.05, 0) is 25.1 Å². The Kier molecular flexibility index (Phi) is 4.24. The van der Waals surface area contributed by atoms with Crippen molar-refractivity contribution in [3.05, 3.63) is 41.9 Å². The van der Waals surface area contributed by atoms with Gasteiger partial charge in [-0.3, -0.25) is 0 Å². The fourth-order valence-corrected chi connectivity index (χ4v) is 1.90. The smallest absolute Gasteiger partial charge is 0.355 e. The molecule has 6 heteroatoms. The summed E-state index contributed by atoms with van der Waals surface area (Å²) in [5.41, 5.74) is 7.38. The molecule has 2 aromatic rings. The van der Waals surface area contributed by atoms with Crippen molar-refractivity contribution in [2.45, 2.75) is 20.1 Å². The molecule has 2 aromatic heterocycles. The third-order valence-corrected chi connectivity index (χ3v) is 2.87. The number of esters is 1. The maximum Gasteiger partial charge on any atom is 0.355 e. The summed E-state index contributed by atoms with van der Waals surface area (Å²) in [7, 11) is 1.52. The van der Waals surface area contributed by atoms with Gasteiger partial charge in [0.1, 0.15) is 12.3 Å². The summed E-state index contributed by atoms with van der Waals surface area (Å²) in [6.45, 7) is 2.68. The second-order valence-corrected chi connectivity index (χ2v) is 4.19. The summed E-state index contributed by atoms with van der Waals surface area (Å²) < 4.78 is 12.1. The van der Waals surface area contributed by atoms with Gasteiger partial charge in [-0.2, -0.15) is 0 Å². The van der Waals surface area contributed by atoms with Gasteiger partial charge in [0.2, 0.25) is 5.88 Å². The van der Waals surface area contributed by atoms with Gasteiger partial charge >= 0.3 is 5.97 Å². The van der Waals surface area contributed by atoms with Gasteiger partial charge in [-0.1, -0.05) is 0 Å². The second-order valence-electron chi connectivity index (χ2n) is 4.19. The van der Waals surface area contributed by atoms with E-state index in [0.717, 1.165) is 0 Å². The van der Waals surface area contributed by atoms with Crippen LogP contribution in [0.4, 0.5) is 5.69 Å². The highest BCUT2D eigenvalue weighted by Gasteiger charge is 2.14. The topological polar surface area (TPSA) is 79.4 Å². The maximum atomic E-state index is 12.1. The van der Waals surface area contributed by atoms with E-state index in [1.165, 1.54) is 7.11 Å². The standard InChI is InChI=1S/C14H17N3O3/c1-3-17-8-11(15)7-12(17)14(18)20-9-10-5-4-6-16-13(10)19-2/h4-8H,3,9,15H2,1-2H3. The number of hydrogen-bond acceptors (Lipinski definition) is 5. The number of aryl methyl sites for hydroxylation is 1. The zero-order valence-electron chi connectivity index (χ0n) is 11.5. The third kappa shape index (κ3) is 2.90. The summed E-state index contributed by atoms with van der Waals surface area (Å²) in [6, 6.07) is 5.16. The molecule has 0 atom stereocenters. The summed E-state index contributed by atoms with van der Waals surface area (Å²) in [4.78, 5) is 16.1. The molecule has 106 valence electrons. The van der Waals surface area contributed by atoms with Gasteiger partial charge in [0.15, 0.2) is 0 Å². The molecule has 0 saturated heterocycles. The van der Waals surface area contributed by atoms with E-state index in [4.69, 9.17) is 15.2 Å². The maximum absolute atomic E-state index is 12.1. The van der Waals surface area contributed by atoms with Crippen molar-refractivity contribution in [2.75, 3.05) is 12.8 Å². The molecule has 0 aliphatic rings. The lowest BCUT2D eigenvalue weighted by Gasteiger charge is -2.09. The SMILES string of the molecule is CCn1cc(N)cc1C(=O)OCc1cccnc1OC. The summed E-state index contributed by atoms with van der Waals surface area (Å²) in [6.07, 6.45) is 3.33.